The molecule has 0 amide bonds. The first-order valence-electron chi connectivity index (χ1n) is 7.18. The summed E-state index contributed by atoms with van der Waals surface area (Å²) in [6, 6.07) is 3.95. The summed E-state index contributed by atoms with van der Waals surface area (Å²) >= 11 is 5.71. The molecular formula is C15H21ClFNO2S. The highest BCUT2D eigenvalue weighted by atomic mass is 35.5. The maximum Gasteiger partial charge on any atom is 0.245 e. The van der Waals surface area contributed by atoms with Crippen LogP contribution in [0.4, 0.5) is 4.39 Å². The standard InChI is InChI=1S/C15H21ClFNO2S/c1-11-3-6-13(7-4-11)18(2)21(19,20)15-9-12(10-16)5-8-14(15)17/h5,8-9,11,13H,3-4,6-7,10H2,1-2H3. The number of alkyl halides is 1. The summed E-state index contributed by atoms with van der Waals surface area (Å²) in [4.78, 5) is -0.276. The van der Waals surface area contributed by atoms with E-state index in [9.17, 15) is 12.8 Å². The first kappa shape index (κ1) is 16.7. The van der Waals surface area contributed by atoms with Crippen LogP contribution in [0.25, 0.3) is 0 Å². The summed E-state index contributed by atoms with van der Waals surface area (Å²) < 4.78 is 40.6. The molecule has 1 aliphatic carbocycles. The van der Waals surface area contributed by atoms with Gasteiger partial charge in [0.05, 0.1) is 0 Å². The van der Waals surface area contributed by atoms with E-state index in [0.29, 0.717) is 11.5 Å². The van der Waals surface area contributed by atoms with Crippen molar-refractivity contribution in [1.29, 1.82) is 0 Å². The Bertz CT molecular complexity index is 598. The fourth-order valence-corrected chi connectivity index (χ4v) is 4.48. The first-order chi connectivity index (χ1) is 9.86. The molecule has 21 heavy (non-hydrogen) atoms. The van der Waals surface area contributed by atoms with E-state index in [1.165, 1.54) is 22.5 Å². The summed E-state index contributed by atoms with van der Waals surface area (Å²) in [5.41, 5.74) is 0.599. The van der Waals surface area contributed by atoms with Gasteiger partial charge in [0.2, 0.25) is 10.0 Å². The molecule has 2 rings (SSSR count). The molecule has 0 unspecified atom stereocenters. The Morgan fingerprint density at radius 3 is 2.48 bits per heavy atom. The van der Waals surface area contributed by atoms with Gasteiger partial charge >= 0.3 is 0 Å². The third-order valence-electron chi connectivity index (χ3n) is 4.31. The van der Waals surface area contributed by atoms with Gasteiger partial charge in [-0.1, -0.05) is 13.0 Å². The van der Waals surface area contributed by atoms with Crippen molar-refractivity contribution in [3.8, 4) is 0 Å². The van der Waals surface area contributed by atoms with Crippen LogP contribution in [0.1, 0.15) is 38.2 Å². The van der Waals surface area contributed by atoms with Crippen molar-refractivity contribution < 1.29 is 12.8 Å². The molecule has 0 radical (unpaired) electrons. The van der Waals surface area contributed by atoms with E-state index < -0.39 is 15.8 Å². The van der Waals surface area contributed by atoms with Crippen molar-refractivity contribution in [3.05, 3.63) is 29.6 Å². The molecule has 118 valence electrons. The molecule has 0 aromatic heterocycles. The minimum absolute atomic E-state index is 0.0507. The number of halogens is 2. The Balaban J connectivity index is 2.29. The minimum atomic E-state index is -3.82. The van der Waals surface area contributed by atoms with E-state index in [2.05, 4.69) is 6.92 Å². The predicted octanol–water partition coefficient (Wildman–Crippen LogP) is 3.76. The molecule has 0 saturated heterocycles. The van der Waals surface area contributed by atoms with Crippen LogP contribution in [0.3, 0.4) is 0 Å². The van der Waals surface area contributed by atoms with E-state index in [1.807, 2.05) is 0 Å². The van der Waals surface area contributed by atoms with Gasteiger partial charge in [-0.15, -0.1) is 11.6 Å². The third kappa shape index (κ3) is 3.58. The number of sulfonamides is 1. The van der Waals surface area contributed by atoms with Crippen LogP contribution in [0.15, 0.2) is 23.1 Å². The molecule has 6 heteroatoms. The van der Waals surface area contributed by atoms with Gasteiger partial charge in [0.1, 0.15) is 10.7 Å². The number of benzene rings is 1. The fourth-order valence-electron chi connectivity index (χ4n) is 2.79. The zero-order valence-corrected chi connectivity index (χ0v) is 13.9. The molecule has 0 aliphatic heterocycles. The van der Waals surface area contributed by atoms with Crippen molar-refractivity contribution in [1.82, 2.24) is 4.31 Å². The highest BCUT2D eigenvalue weighted by Gasteiger charge is 2.32. The molecule has 0 spiro atoms. The van der Waals surface area contributed by atoms with Gasteiger partial charge in [-0.25, -0.2) is 12.8 Å². The predicted molar refractivity (Wildman–Crippen MR) is 82.3 cm³/mol. The zero-order chi connectivity index (χ0) is 15.6. The van der Waals surface area contributed by atoms with Gasteiger partial charge in [-0.3, -0.25) is 0 Å². The van der Waals surface area contributed by atoms with E-state index in [0.717, 1.165) is 25.7 Å². The SMILES string of the molecule is CC1CCC(N(C)S(=O)(=O)c2cc(CCl)ccc2F)CC1. The highest BCUT2D eigenvalue weighted by Crippen LogP contribution is 2.30. The summed E-state index contributed by atoms with van der Waals surface area (Å²) in [5, 5.41) is 0. The van der Waals surface area contributed by atoms with Gasteiger partial charge in [-0.2, -0.15) is 4.31 Å². The number of nitrogens with zero attached hydrogens (tertiary/aromatic N) is 1. The van der Waals surface area contributed by atoms with Gasteiger partial charge in [0.25, 0.3) is 0 Å². The van der Waals surface area contributed by atoms with Crippen molar-refractivity contribution in [2.45, 2.75) is 49.4 Å². The molecule has 1 aliphatic rings. The molecule has 0 bridgehead atoms. The van der Waals surface area contributed by atoms with Crippen LogP contribution in [0.5, 0.6) is 0 Å². The fraction of sp³-hybridized carbons (Fsp3) is 0.600. The Labute approximate surface area is 131 Å². The number of hydrogen-bond acceptors (Lipinski definition) is 2. The van der Waals surface area contributed by atoms with Crippen LogP contribution in [0, 0.1) is 11.7 Å². The van der Waals surface area contributed by atoms with Crippen LogP contribution in [-0.4, -0.2) is 25.8 Å². The van der Waals surface area contributed by atoms with Crippen LogP contribution >= 0.6 is 11.6 Å². The van der Waals surface area contributed by atoms with Crippen LogP contribution in [0.2, 0.25) is 0 Å². The molecule has 3 nitrogen and oxygen atoms in total. The zero-order valence-electron chi connectivity index (χ0n) is 12.4. The summed E-state index contributed by atoms with van der Waals surface area (Å²) in [6.07, 6.45) is 3.67. The summed E-state index contributed by atoms with van der Waals surface area (Å²) in [5.74, 6) is 0.0709. The lowest BCUT2D eigenvalue weighted by atomic mass is 9.87. The molecule has 0 N–H and O–H groups in total. The van der Waals surface area contributed by atoms with Crippen LogP contribution in [-0.2, 0) is 15.9 Å². The molecular weight excluding hydrogens is 313 g/mol. The second-order valence-corrected chi connectivity index (χ2v) is 8.07. The largest absolute Gasteiger partial charge is 0.245 e. The maximum atomic E-state index is 13.9. The lowest BCUT2D eigenvalue weighted by Crippen LogP contribution is -2.39. The van der Waals surface area contributed by atoms with Gasteiger partial charge < -0.3 is 0 Å². The summed E-state index contributed by atoms with van der Waals surface area (Å²) in [7, 11) is -2.28. The Morgan fingerprint density at radius 2 is 1.90 bits per heavy atom. The average Bonchev–Trinajstić information content (AvgIpc) is 2.47. The molecule has 0 heterocycles. The van der Waals surface area contributed by atoms with E-state index in [1.54, 1.807) is 7.05 Å². The molecule has 1 aromatic rings. The van der Waals surface area contributed by atoms with Crippen molar-refractivity contribution in [2.75, 3.05) is 7.05 Å². The minimum Gasteiger partial charge on any atom is -0.207 e. The Kier molecular flexibility index (Phi) is 5.28. The summed E-state index contributed by atoms with van der Waals surface area (Å²) in [6.45, 7) is 2.17. The van der Waals surface area contributed by atoms with E-state index in [-0.39, 0.29) is 16.8 Å². The monoisotopic (exact) mass is 333 g/mol. The van der Waals surface area contributed by atoms with Gasteiger partial charge in [0.15, 0.2) is 0 Å². The van der Waals surface area contributed by atoms with Crippen molar-refractivity contribution in [2.24, 2.45) is 5.92 Å². The van der Waals surface area contributed by atoms with E-state index in [4.69, 9.17) is 11.6 Å². The smallest absolute Gasteiger partial charge is 0.207 e. The maximum absolute atomic E-state index is 13.9. The van der Waals surface area contributed by atoms with Gasteiger partial charge in [0, 0.05) is 19.0 Å². The van der Waals surface area contributed by atoms with Crippen LogP contribution < -0.4 is 0 Å². The lowest BCUT2D eigenvalue weighted by molar-refractivity contribution is 0.245. The van der Waals surface area contributed by atoms with Crippen molar-refractivity contribution in [3.63, 3.8) is 0 Å². The van der Waals surface area contributed by atoms with Crippen molar-refractivity contribution >= 4 is 21.6 Å². The second kappa shape index (κ2) is 6.63. The lowest BCUT2D eigenvalue weighted by Gasteiger charge is -2.32. The third-order valence-corrected chi connectivity index (χ3v) is 6.54. The molecule has 1 fully saturated rings. The Hall–Kier alpha value is -0.650. The number of hydrogen-bond donors (Lipinski definition) is 0. The van der Waals surface area contributed by atoms with E-state index >= 15 is 0 Å². The quantitative estimate of drug-likeness (QED) is 0.787. The average molecular weight is 334 g/mol. The first-order valence-corrected chi connectivity index (χ1v) is 9.16. The molecule has 1 saturated carbocycles. The highest BCUT2D eigenvalue weighted by molar-refractivity contribution is 7.89. The molecule has 0 atom stereocenters. The second-order valence-electron chi connectivity index (χ2n) is 5.83. The topological polar surface area (TPSA) is 37.4 Å². The van der Waals surface area contributed by atoms with Gasteiger partial charge in [-0.05, 0) is 49.3 Å². The number of rotatable bonds is 4. The molecule has 1 aromatic carbocycles. The normalized spacial score (nSPS) is 23.5. The Morgan fingerprint density at radius 1 is 1.29 bits per heavy atom.